The molecule has 19 heavy (non-hydrogen) atoms. The lowest BCUT2D eigenvalue weighted by atomic mass is 9.90. The third-order valence-corrected chi connectivity index (χ3v) is 4.54. The van der Waals surface area contributed by atoms with E-state index in [1.807, 2.05) is 0 Å². The van der Waals surface area contributed by atoms with E-state index in [1.165, 1.54) is 36.8 Å². The van der Waals surface area contributed by atoms with Crippen molar-refractivity contribution in [3.8, 4) is 0 Å². The molecule has 0 aliphatic heterocycles. The van der Waals surface area contributed by atoms with Gasteiger partial charge in [-0.1, -0.05) is 37.8 Å². The fourth-order valence-electron chi connectivity index (χ4n) is 3.49. The van der Waals surface area contributed by atoms with Gasteiger partial charge in [-0.15, -0.1) is 0 Å². The van der Waals surface area contributed by atoms with E-state index >= 15 is 0 Å². The van der Waals surface area contributed by atoms with Gasteiger partial charge in [-0.05, 0) is 31.4 Å². The van der Waals surface area contributed by atoms with Gasteiger partial charge in [0, 0.05) is 7.05 Å². The first-order valence-corrected chi connectivity index (χ1v) is 7.33. The molecule has 3 rings (SSSR count). The molecule has 0 atom stereocenters. The van der Waals surface area contributed by atoms with E-state index < -0.39 is 0 Å². The van der Waals surface area contributed by atoms with Gasteiger partial charge in [-0.25, -0.2) is 4.98 Å². The Bertz CT molecular complexity index is 589. The monoisotopic (exact) mass is 257 g/mol. The smallest absolute Gasteiger partial charge is 0.129 e. The van der Waals surface area contributed by atoms with Gasteiger partial charge in [0.15, 0.2) is 0 Å². The summed E-state index contributed by atoms with van der Waals surface area (Å²) in [5.74, 6) is 1.07. The maximum atomic E-state index is 6.71. The maximum absolute atomic E-state index is 6.71. The molecule has 2 N–H and O–H groups in total. The summed E-state index contributed by atoms with van der Waals surface area (Å²) in [6, 6.07) is 6.31. The van der Waals surface area contributed by atoms with Crippen molar-refractivity contribution in [1.29, 1.82) is 0 Å². The largest absolute Gasteiger partial charge is 0.329 e. The first kappa shape index (κ1) is 12.7. The number of nitrogens with two attached hydrogens (primary N) is 1. The summed E-state index contributed by atoms with van der Waals surface area (Å²) in [6.07, 6.45) is 7.17. The van der Waals surface area contributed by atoms with Crippen molar-refractivity contribution in [3.05, 3.63) is 29.6 Å². The first-order valence-electron chi connectivity index (χ1n) is 7.33. The molecule has 2 aromatic rings. The summed E-state index contributed by atoms with van der Waals surface area (Å²) >= 11 is 0. The molecule has 102 valence electrons. The predicted octanol–water partition coefficient (Wildman–Crippen LogP) is 3.39. The molecule has 0 saturated heterocycles. The third-order valence-electron chi connectivity index (χ3n) is 4.54. The third kappa shape index (κ3) is 2.06. The number of benzene rings is 1. The maximum Gasteiger partial charge on any atom is 0.129 e. The van der Waals surface area contributed by atoms with Crippen LogP contribution in [0.1, 0.15) is 49.9 Å². The van der Waals surface area contributed by atoms with Crippen LogP contribution in [0.15, 0.2) is 18.2 Å². The summed E-state index contributed by atoms with van der Waals surface area (Å²) in [7, 11) is 2.11. The zero-order chi connectivity index (χ0) is 13.5. The minimum atomic E-state index is -0.239. The molecule has 1 aliphatic rings. The molecule has 1 saturated carbocycles. The van der Waals surface area contributed by atoms with Crippen LogP contribution in [0.2, 0.25) is 0 Å². The second kappa shape index (κ2) is 4.64. The Hall–Kier alpha value is -1.35. The Kier molecular flexibility index (Phi) is 3.09. The van der Waals surface area contributed by atoms with Crippen LogP contribution in [0.5, 0.6) is 0 Å². The molecule has 3 nitrogen and oxygen atoms in total. The highest BCUT2D eigenvalue weighted by molar-refractivity contribution is 5.79. The molecular formula is C16H23N3. The molecule has 0 spiro atoms. The van der Waals surface area contributed by atoms with Crippen molar-refractivity contribution in [2.24, 2.45) is 12.8 Å². The molecule has 0 bridgehead atoms. The van der Waals surface area contributed by atoms with Crippen LogP contribution in [0, 0.1) is 6.92 Å². The minimum absolute atomic E-state index is 0.239. The molecule has 0 unspecified atom stereocenters. The Morgan fingerprint density at radius 2 is 1.84 bits per heavy atom. The van der Waals surface area contributed by atoms with Gasteiger partial charge in [-0.3, -0.25) is 0 Å². The van der Waals surface area contributed by atoms with Gasteiger partial charge in [0.2, 0.25) is 0 Å². The van der Waals surface area contributed by atoms with Crippen molar-refractivity contribution in [1.82, 2.24) is 9.55 Å². The number of nitrogens with zero attached hydrogens (tertiary/aromatic N) is 2. The quantitative estimate of drug-likeness (QED) is 0.796. The van der Waals surface area contributed by atoms with Gasteiger partial charge in [0.05, 0.1) is 16.6 Å². The van der Waals surface area contributed by atoms with Crippen LogP contribution in [0.25, 0.3) is 11.0 Å². The Morgan fingerprint density at radius 1 is 1.16 bits per heavy atom. The SMILES string of the molecule is Cc1cccc2nc(C3(N)CCCCCC3)n(C)c12. The molecule has 1 heterocycles. The molecule has 0 amide bonds. The highest BCUT2D eigenvalue weighted by Gasteiger charge is 2.33. The van der Waals surface area contributed by atoms with Gasteiger partial charge in [0.1, 0.15) is 5.82 Å². The van der Waals surface area contributed by atoms with E-state index in [1.54, 1.807) is 0 Å². The summed E-state index contributed by atoms with van der Waals surface area (Å²) in [5.41, 5.74) is 10.1. The zero-order valence-corrected chi connectivity index (χ0v) is 11.9. The first-order chi connectivity index (χ1) is 9.12. The van der Waals surface area contributed by atoms with Gasteiger partial charge >= 0.3 is 0 Å². The van der Waals surface area contributed by atoms with E-state index in [4.69, 9.17) is 10.7 Å². The number of rotatable bonds is 1. The highest BCUT2D eigenvalue weighted by atomic mass is 15.1. The number of hydrogen-bond acceptors (Lipinski definition) is 2. The summed E-state index contributed by atoms with van der Waals surface area (Å²) < 4.78 is 2.22. The van der Waals surface area contributed by atoms with Gasteiger partial charge in [0.25, 0.3) is 0 Å². The molecular weight excluding hydrogens is 234 g/mol. The van der Waals surface area contributed by atoms with Crippen LogP contribution in [0.4, 0.5) is 0 Å². The Morgan fingerprint density at radius 3 is 2.47 bits per heavy atom. The number of imidazole rings is 1. The van der Waals surface area contributed by atoms with E-state index in [9.17, 15) is 0 Å². The van der Waals surface area contributed by atoms with Gasteiger partial charge in [-0.2, -0.15) is 0 Å². The molecule has 1 aromatic heterocycles. The standard InChI is InChI=1S/C16H23N3/c1-12-8-7-9-13-14(12)19(2)15(18-13)16(17)10-5-3-4-6-11-16/h7-9H,3-6,10-11,17H2,1-2H3. The van der Waals surface area contributed by atoms with Crippen molar-refractivity contribution in [2.45, 2.75) is 51.0 Å². The van der Waals surface area contributed by atoms with Gasteiger partial charge < -0.3 is 10.3 Å². The Labute approximate surface area is 114 Å². The average molecular weight is 257 g/mol. The molecule has 1 fully saturated rings. The second-order valence-corrected chi connectivity index (χ2v) is 6.01. The van der Waals surface area contributed by atoms with Crippen LogP contribution in [-0.2, 0) is 12.6 Å². The fourth-order valence-corrected chi connectivity index (χ4v) is 3.49. The normalized spacial score (nSPS) is 19.5. The number of aryl methyl sites for hydroxylation is 2. The average Bonchev–Trinajstić information content (AvgIpc) is 2.58. The number of para-hydroxylation sites is 1. The summed E-state index contributed by atoms with van der Waals surface area (Å²) in [4.78, 5) is 4.85. The minimum Gasteiger partial charge on any atom is -0.329 e. The van der Waals surface area contributed by atoms with Crippen LogP contribution in [0.3, 0.4) is 0 Å². The van der Waals surface area contributed by atoms with Crippen molar-refractivity contribution < 1.29 is 0 Å². The van der Waals surface area contributed by atoms with E-state index in [0.717, 1.165) is 24.2 Å². The topological polar surface area (TPSA) is 43.8 Å². The Balaban J connectivity index is 2.14. The molecule has 3 heteroatoms. The molecule has 1 aromatic carbocycles. The van der Waals surface area contributed by atoms with Crippen molar-refractivity contribution in [2.75, 3.05) is 0 Å². The van der Waals surface area contributed by atoms with Crippen molar-refractivity contribution in [3.63, 3.8) is 0 Å². The predicted molar refractivity (Wildman–Crippen MR) is 79.0 cm³/mol. The van der Waals surface area contributed by atoms with E-state index in [-0.39, 0.29) is 5.54 Å². The number of fused-ring (bicyclic) bond motifs is 1. The van der Waals surface area contributed by atoms with Crippen LogP contribution < -0.4 is 5.73 Å². The van der Waals surface area contributed by atoms with E-state index in [0.29, 0.717) is 0 Å². The molecule has 1 aliphatic carbocycles. The number of aromatic nitrogens is 2. The van der Waals surface area contributed by atoms with Crippen LogP contribution >= 0.6 is 0 Å². The molecule has 0 radical (unpaired) electrons. The zero-order valence-electron chi connectivity index (χ0n) is 11.9. The lowest BCUT2D eigenvalue weighted by Crippen LogP contribution is -2.38. The summed E-state index contributed by atoms with van der Waals surface area (Å²) in [6.45, 7) is 2.14. The number of hydrogen-bond donors (Lipinski definition) is 1. The lowest BCUT2D eigenvalue weighted by molar-refractivity contribution is 0.355. The van der Waals surface area contributed by atoms with Crippen LogP contribution in [-0.4, -0.2) is 9.55 Å². The second-order valence-electron chi connectivity index (χ2n) is 6.01. The fraction of sp³-hybridized carbons (Fsp3) is 0.562. The summed E-state index contributed by atoms with van der Waals surface area (Å²) in [5, 5.41) is 0. The van der Waals surface area contributed by atoms with Crippen molar-refractivity contribution >= 4 is 11.0 Å². The lowest BCUT2D eigenvalue weighted by Gasteiger charge is -2.27. The highest BCUT2D eigenvalue weighted by Crippen LogP contribution is 2.34. The van der Waals surface area contributed by atoms with E-state index in [2.05, 4.69) is 36.7 Å².